The van der Waals surface area contributed by atoms with Crippen molar-refractivity contribution in [1.82, 2.24) is 9.97 Å². The second kappa shape index (κ2) is 10.0. The van der Waals surface area contributed by atoms with Gasteiger partial charge < -0.3 is 20.2 Å². The average molecular weight is 538 g/mol. The van der Waals surface area contributed by atoms with Crippen molar-refractivity contribution in [1.29, 1.82) is 0 Å². The zero-order valence-electron chi connectivity index (χ0n) is 20.0. The predicted molar refractivity (Wildman–Crippen MR) is 130 cm³/mol. The van der Waals surface area contributed by atoms with Crippen molar-refractivity contribution in [2.75, 3.05) is 5.32 Å². The van der Waals surface area contributed by atoms with Gasteiger partial charge in [-0.25, -0.2) is 27.5 Å². The molecule has 3 N–H and O–H groups in total. The number of pyridine rings is 1. The van der Waals surface area contributed by atoms with Gasteiger partial charge in [-0.05, 0) is 44.9 Å². The lowest BCUT2D eigenvalue weighted by molar-refractivity contribution is 0.0892. The van der Waals surface area contributed by atoms with Crippen LogP contribution < -0.4 is 15.8 Å². The highest BCUT2D eigenvalue weighted by Gasteiger charge is 2.48. The molecule has 4 rings (SSSR count). The van der Waals surface area contributed by atoms with Gasteiger partial charge in [0.15, 0.2) is 23.4 Å². The van der Waals surface area contributed by atoms with Crippen LogP contribution in [0.5, 0.6) is 5.75 Å². The lowest BCUT2D eigenvalue weighted by Gasteiger charge is -2.40. The standard InChI is InChI=1S/C24H23F4N5O3S/c1-12-6-14(36-10-17-30-4-5-35-17)9-31-19(12)20(34)32-13-7-15(18(26)16(25)8-13)23(2)11-24(3,21(27)28)37-22(29)33-23/h4-9,21H,10-11H2,1-3H3,(H2,29,33)(H,32,34)/t23-,24+/m0/s1. The number of amides is 1. The number of benzene rings is 1. The average Bonchev–Trinajstić information content (AvgIpc) is 3.32. The molecule has 0 aliphatic carbocycles. The molecule has 1 amide bonds. The number of oxazole rings is 1. The summed E-state index contributed by atoms with van der Waals surface area (Å²) in [6.45, 7) is 4.37. The minimum absolute atomic E-state index is 0.0163. The number of hydrogen-bond donors (Lipinski definition) is 2. The van der Waals surface area contributed by atoms with Crippen LogP contribution in [-0.2, 0) is 12.1 Å². The molecule has 13 heteroatoms. The van der Waals surface area contributed by atoms with Gasteiger partial charge in [0.1, 0.15) is 17.7 Å². The minimum Gasteiger partial charge on any atom is -0.482 e. The Hall–Kier alpha value is -3.61. The maximum absolute atomic E-state index is 14.9. The Kier molecular flexibility index (Phi) is 7.18. The monoisotopic (exact) mass is 537 g/mol. The van der Waals surface area contributed by atoms with Gasteiger partial charge in [-0.3, -0.25) is 9.79 Å². The number of aromatic nitrogens is 2. The summed E-state index contributed by atoms with van der Waals surface area (Å²) in [4.78, 5) is 25.1. The third-order valence-electron chi connectivity index (χ3n) is 5.83. The van der Waals surface area contributed by atoms with Crippen LogP contribution in [0, 0.1) is 18.6 Å². The number of amidine groups is 1. The molecule has 0 unspecified atom stereocenters. The maximum atomic E-state index is 14.9. The van der Waals surface area contributed by atoms with Crippen molar-refractivity contribution in [3.63, 3.8) is 0 Å². The van der Waals surface area contributed by atoms with Gasteiger partial charge in [-0.15, -0.1) is 0 Å². The first kappa shape index (κ1) is 26.5. The summed E-state index contributed by atoms with van der Waals surface area (Å²) in [6.07, 6.45) is 1.10. The second-order valence-corrected chi connectivity index (χ2v) is 10.5. The predicted octanol–water partition coefficient (Wildman–Crippen LogP) is 5.18. The molecule has 0 radical (unpaired) electrons. The van der Waals surface area contributed by atoms with Crippen molar-refractivity contribution < 1.29 is 31.5 Å². The number of aryl methyl sites for hydroxylation is 1. The second-order valence-electron chi connectivity index (χ2n) is 8.94. The quantitative estimate of drug-likeness (QED) is 0.399. The summed E-state index contributed by atoms with van der Waals surface area (Å²) in [6, 6.07) is 3.53. The van der Waals surface area contributed by atoms with Gasteiger partial charge in [0.05, 0.1) is 22.7 Å². The topological polar surface area (TPSA) is 116 Å². The van der Waals surface area contributed by atoms with Crippen molar-refractivity contribution in [2.45, 2.75) is 50.5 Å². The number of ether oxygens (including phenoxy) is 1. The zero-order valence-corrected chi connectivity index (χ0v) is 20.8. The van der Waals surface area contributed by atoms with Crippen molar-refractivity contribution in [3.05, 3.63) is 71.2 Å². The van der Waals surface area contributed by atoms with Gasteiger partial charge in [0, 0.05) is 17.3 Å². The van der Waals surface area contributed by atoms with Crippen LogP contribution in [0.15, 0.2) is 46.3 Å². The molecule has 2 aromatic heterocycles. The van der Waals surface area contributed by atoms with E-state index in [1.807, 2.05) is 0 Å². The van der Waals surface area contributed by atoms with Crippen LogP contribution in [0.25, 0.3) is 0 Å². The van der Waals surface area contributed by atoms with Crippen LogP contribution in [0.3, 0.4) is 0 Å². The van der Waals surface area contributed by atoms with Crippen LogP contribution in [0.2, 0.25) is 0 Å². The van der Waals surface area contributed by atoms with E-state index < -0.39 is 34.3 Å². The summed E-state index contributed by atoms with van der Waals surface area (Å²) in [7, 11) is 0. The Morgan fingerprint density at radius 3 is 2.68 bits per heavy atom. The fourth-order valence-corrected chi connectivity index (χ4v) is 5.29. The first-order valence-electron chi connectivity index (χ1n) is 11.0. The van der Waals surface area contributed by atoms with Crippen molar-refractivity contribution in [2.24, 2.45) is 10.7 Å². The Balaban J connectivity index is 1.58. The minimum atomic E-state index is -2.79. The molecule has 8 nitrogen and oxygen atoms in total. The van der Waals surface area contributed by atoms with E-state index in [1.165, 1.54) is 32.5 Å². The zero-order chi connectivity index (χ0) is 27.0. The lowest BCUT2D eigenvalue weighted by atomic mass is 9.82. The third-order valence-corrected chi connectivity index (χ3v) is 6.92. The number of nitrogens with zero attached hydrogens (tertiary/aromatic N) is 3. The number of aliphatic imine (C=N–C) groups is 1. The van der Waals surface area contributed by atoms with Gasteiger partial charge in [-0.1, -0.05) is 11.8 Å². The maximum Gasteiger partial charge on any atom is 0.274 e. The van der Waals surface area contributed by atoms with Gasteiger partial charge in [-0.2, -0.15) is 0 Å². The number of carbonyl (C=O) groups excluding carboxylic acids is 1. The number of anilines is 1. The fourth-order valence-electron chi connectivity index (χ4n) is 4.12. The largest absolute Gasteiger partial charge is 0.482 e. The van der Waals surface area contributed by atoms with Gasteiger partial charge >= 0.3 is 0 Å². The number of nitrogens with one attached hydrogen (secondary N) is 1. The van der Waals surface area contributed by atoms with Crippen LogP contribution in [-0.4, -0.2) is 32.2 Å². The van der Waals surface area contributed by atoms with E-state index in [9.17, 15) is 22.4 Å². The van der Waals surface area contributed by atoms with E-state index in [4.69, 9.17) is 14.9 Å². The van der Waals surface area contributed by atoms with E-state index >= 15 is 0 Å². The van der Waals surface area contributed by atoms with E-state index in [2.05, 4.69) is 20.3 Å². The number of nitrogens with two attached hydrogens (primary N) is 1. The SMILES string of the molecule is Cc1cc(OCc2ncco2)cnc1C(=O)Nc1cc(F)c(F)c([C@]2(C)C[C@](C)(C(F)F)SC(N)=N2)c1. The molecule has 3 aromatic rings. The summed E-state index contributed by atoms with van der Waals surface area (Å²) in [5, 5.41) is 2.31. The van der Waals surface area contributed by atoms with Gasteiger partial charge in [0.2, 0.25) is 5.89 Å². The number of halogens is 4. The molecular formula is C24H23F4N5O3S. The summed E-state index contributed by atoms with van der Waals surface area (Å²) in [5.41, 5.74) is 4.25. The molecule has 0 bridgehead atoms. The van der Waals surface area contributed by atoms with Crippen LogP contribution in [0.1, 0.15) is 47.8 Å². The van der Waals surface area contributed by atoms with E-state index in [0.717, 1.165) is 12.1 Å². The number of alkyl halides is 2. The Labute approximate surface area is 213 Å². The summed E-state index contributed by atoms with van der Waals surface area (Å²) >= 11 is 0.686. The molecule has 196 valence electrons. The van der Waals surface area contributed by atoms with Gasteiger partial charge in [0.25, 0.3) is 12.3 Å². The summed E-state index contributed by atoms with van der Waals surface area (Å²) in [5.74, 6) is -2.51. The normalized spacial score (nSPS) is 21.6. The molecule has 1 aliphatic heterocycles. The molecule has 0 saturated carbocycles. The Morgan fingerprint density at radius 2 is 2.03 bits per heavy atom. The smallest absolute Gasteiger partial charge is 0.274 e. The molecule has 0 fully saturated rings. The van der Waals surface area contributed by atoms with Crippen molar-refractivity contribution in [3.8, 4) is 5.75 Å². The highest BCUT2D eigenvalue weighted by Crippen LogP contribution is 2.49. The Morgan fingerprint density at radius 1 is 1.27 bits per heavy atom. The van der Waals surface area contributed by atoms with E-state index in [-0.39, 0.29) is 35.1 Å². The number of hydrogen-bond acceptors (Lipinski definition) is 8. The summed E-state index contributed by atoms with van der Waals surface area (Å²) < 4.78 is 66.0. The fraction of sp³-hybridized carbons (Fsp3) is 0.333. The number of thioether (sulfide) groups is 1. The van der Waals surface area contributed by atoms with Crippen molar-refractivity contribution >= 4 is 28.5 Å². The number of rotatable bonds is 7. The highest BCUT2D eigenvalue weighted by molar-refractivity contribution is 8.15. The molecule has 0 saturated heterocycles. The molecule has 3 heterocycles. The lowest BCUT2D eigenvalue weighted by Crippen LogP contribution is -2.44. The molecule has 2 atom stereocenters. The molecule has 0 spiro atoms. The molecule has 1 aliphatic rings. The molecule has 37 heavy (non-hydrogen) atoms. The first-order chi connectivity index (χ1) is 17.4. The molecular weight excluding hydrogens is 514 g/mol. The number of carbonyl (C=O) groups is 1. The van der Waals surface area contributed by atoms with Crippen LogP contribution in [0.4, 0.5) is 23.2 Å². The Bertz CT molecular complexity index is 1350. The first-order valence-corrected chi connectivity index (χ1v) is 11.8. The van der Waals surface area contributed by atoms with E-state index in [1.54, 1.807) is 13.0 Å². The highest BCUT2D eigenvalue weighted by atomic mass is 32.2. The molecule has 1 aromatic carbocycles. The third kappa shape index (κ3) is 5.55. The van der Waals surface area contributed by atoms with E-state index in [0.29, 0.717) is 29.0 Å². The van der Waals surface area contributed by atoms with Crippen LogP contribution >= 0.6 is 11.8 Å².